The Morgan fingerprint density at radius 3 is 2.59 bits per heavy atom. The van der Waals surface area contributed by atoms with Crippen LogP contribution in [-0.4, -0.2) is 28.7 Å². The number of allylic oxidation sites excluding steroid dienone is 1. The minimum absolute atomic E-state index is 0.111. The van der Waals surface area contributed by atoms with Crippen LogP contribution in [0.2, 0.25) is 5.02 Å². The fourth-order valence-electron chi connectivity index (χ4n) is 5.09. The van der Waals surface area contributed by atoms with Crippen molar-refractivity contribution < 1.29 is 23.9 Å². The molecule has 0 saturated heterocycles. The second-order valence-corrected chi connectivity index (χ2v) is 12.8. The third kappa shape index (κ3) is 6.74. The van der Waals surface area contributed by atoms with E-state index >= 15 is 0 Å². The van der Waals surface area contributed by atoms with Crippen molar-refractivity contribution in [3.63, 3.8) is 0 Å². The van der Waals surface area contributed by atoms with Gasteiger partial charge in [0.15, 0.2) is 16.3 Å². The Bertz CT molecular complexity index is 2070. The lowest BCUT2D eigenvalue weighted by molar-refractivity contribution is -0.385. The number of halogens is 2. The molecule has 0 aliphatic carbocycles. The molecule has 10 nitrogen and oxygen atoms in total. The summed E-state index contributed by atoms with van der Waals surface area (Å²) in [7, 11) is 0. The second kappa shape index (κ2) is 14.2. The molecule has 0 spiro atoms. The predicted octanol–water partition coefficient (Wildman–Crippen LogP) is 6.25. The maximum Gasteiger partial charge on any atom is 0.338 e. The minimum Gasteiger partial charge on any atom is -0.490 e. The molecule has 0 radical (unpaired) electrons. The molecule has 0 amide bonds. The molecule has 1 atom stereocenters. The van der Waals surface area contributed by atoms with E-state index in [1.54, 1.807) is 51.1 Å². The van der Waals surface area contributed by atoms with Crippen LogP contribution in [0.25, 0.3) is 6.08 Å². The van der Waals surface area contributed by atoms with Crippen LogP contribution in [0.5, 0.6) is 11.5 Å². The molecule has 4 aromatic rings. The Kier molecular flexibility index (Phi) is 10.3. The van der Waals surface area contributed by atoms with Gasteiger partial charge in [0, 0.05) is 22.2 Å². The molecule has 0 unspecified atom stereocenters. The number of nitrogens with zero attached hydrogens (tertiary/aromatic N) is 3. The number of fused-ring (bicyclic) bond motifs is 1. The lowest BCUT2D eigenvalue weighted by atomic mass is 9.94. The number of hydrogen-bond donors (Lipinski definition) is 0. The molecule has 13 heteroatoms. The quantitative estimate of drug-likeness (QED) is 0.0809. The van der Waals surface area contributed by atoms with E-state index in [0.717, 1.165) is 20.5 Å². The fourth-order valence-corrected chi connectivity index (χ4v) is 7.11. The Morgan fingerprint density at radius 1 is 1.13 bits per heavy atom. The average Bonchev–Trinajstić information content (AvgIpc) is 3.31. The molecule has 0 fully saturated rings. The molecule has 1 aliphatic heterocycles. The number of esters is 1. The van der Waals surface area contributed by atoms with Crippen molar-refractivity contribution in [1.82, 2.24) is 4.57 Å². The molecule has 0 saturated carbocycles. The van der Waals surface area contributed by atoms with Crippen molar-refractivity contribution in [3.8, 4) is 11.5 Å². The molecule has 3 aromatic carbocycles. The highest BCUT2D eigenvalue weighted by molar-refractivity contribution is 14.1. The Labute approximate surface area is 286 Å². The van der Waals surface area contributed by atoms with Crippen molar-refractivity contribution in [2.75, 3.05) is 13.2 Å². The lowest BCUT2D eigenvalue weighted by Crippen LogP contribution is -2.40. The van der Waals surface area contributed by atoms with Crippen LogP contribution in [0.1, 0.15) is 49.1 Å². The molecule has 0 bridgehead atoms. The molecular formula is C33H29ClIN3O7S. The number of nitro groups is 1. The summed E-state index contributed by atoms with van der Waals surface area (Å²) in [5.74, 6) is 0.414. The van der Waals surface area contributed by atoms with Crippen molar-refractivity contribution in [2.24, 2.45) is 4.99 Å². The molecule has 1 aromatic heterocycles. The summed E-state index contributed by atoms with van der Waals surface area (Å²) in [5.41, 5.74) is 2.37. The summed E-state index contributed by atoms with van der Waals surface area (Å²) in [6.45, 7) is 7.59. The number of carbonyl (C=O) groups excluding carboxylic acids is 1. The number of benzene rings is 3. The van der Waals surface area contributed by atoms with Gasteiger partial charge in [-0.15, -0.1) is 0 Å². The van der Waals surface area contributed by atoms with E-state index < -0.39 is 22.5 Å². The highest BCUT2D eigenvalue weighted by Gasteiger charge is 2.34. The number of aromatic nitrogens is 1. The van der Waals surface area contributed by atoms with Gasteiger partial charge in [-0.25, -0.2) is 9.79 Å². The summed E-state index contributed by atoms with van der Waals surface area (Å²) in [6.07, 6.45) is 1.73. The van der Waals surface area contributed by atoms with E-state index in [-0.39, 0.29) is 24.5 Å². The smallest absolute Gasteiger partial charge is 0.338 e. The number of thiazole rings is 1. The summed E-state index contributed by atoms with van der Waals surface area (Å²) in [4.78, 5) is 43.5. The summed E-state index contributed by atoms with van der Waals surface area (Å²) < 4.78 is 19.9. The van der Waals surface area contributed by atoms with Gasteiger partial charge in [0.25, 0.3) is 11.2 Å². The zero-order valence-corrected chi connectivity index (χ0v) is 29.1. The van der Waals surface area contributed by atoms with Gasteiger partial charge in [0.05, 0.1) is 43.6 Å². The monoisotopic (exact) mass is 773 g/mol. The van der Waals surface area contributed by atoms with E-state index in [1.165, 1.54) is 10.6 Å². The zero-order chi connectivity index (χ0) is 33.1. The van der Waals surface area contributed by atoms with Gasteiger partial charge >= 0.3 is 5.97 Å². The summed E-state index contributed by atoms with van der Waals surface area (Å²) in [6, 6.07) is 14.8. The molecule has 5 rings (SSSR count). The van der Waals surface area contributed by atoms with Gasteiger partial charge in [0.1, 0.15) is 6.61 Å². The highest BCUT2D eigenvalue weighted by atomic mass is 127. The maximum absolute atomic E-state index is 14.1. The first-order valence-corrected chi connectivity index (χ1v) is 16.6. The Morgan fingerprint density at radius 2 is 1.89 bits per heavy atom. The van der Waals surface area contributed by atoms with Crippen LogP contribution in [0.3, 0.4) is 0 Å². The zero-order valence-electron chi connectivity index (χ0n) is 25.3. The SMILES string of the molecule is CCOC(=O)C1=C(C)N=c2s/c(=C/c3cc(I)c(OCc4ccccc4Cl)c(OCC)c3)c(=O)n2[C@H]1c1ccc(C)c([N+](=O)[O-])c1. The van der Waals surface area contributed by atoms with E-state index in [4.69, 9.17) is 25.8 Å². The Balaban J connectivity index is 1.62. The van der Waals surface area contributed by atoms with E-state index in [1.807, 2.05) is 31.2 Å². The van der Waals surface area contributed by atoms with Gasteiger partial charge in [0.2, 0.25) is 0 Å². The van der Waals surface area contributed by atoms with Gasteiger partial charge < -0.3 is 14.2 Å². The van der Waals surface area contributed by atoms with Gasteiger partial charge in [-0.2, -0.15) is 0 Å². The molecule has 46 heavy (non-hydrogen) atoms. The predicted molar refractivity (Wildman–Crippen MR) is 184 cm³/mol. The lowest BCUT2D eigenvalue weighted by Gasteiger charge is -2.24. The second-order valence-electron chi connectivity index (χ2n) is 10.2. The maximum atomic E-state index is 14.1. The first-order chi connectivity index (χ1) is 22.0. The van der Waals surface area contributed by atoms with Crippen LogP contribution in [0.15, 0.2) is 75.7 Å². The number of hydrogen-bond acceptors (Lipinski definition) is 9. The number of ether oxygens (including phenoxy) is 3. The van der Waals surface area contributed by atoms with Gasteiger partial charge in [-0.3, -0.25) is 19.5 Å². The standard InChI is InChI=1S/C33H29ClIN3O7S/c1-5-43-26-14-20(13-24(35)30(26)45-17-22-9-7-8-10-23(22)34)15-27-31(39)37-29(21-12-11-18(3)25(16-21)38(41)42)28(32(40)44-6-2)19(4)36-33(37)46-27/h7-16,29H,5-6,17H2,1-4H3/b27-15+/t29-/m0/s1. The molecule has 238 valence electrons. The van der Waals surface area contributed by atoms with Crippen LogP contribution in [0, 0.1) is 20.6 Å². The highest BCUT2D eigenvalue weighted by Crippen LogP contribution is 2.36. The van der Waals surface area contributed by atoms with Gasteiger partial charge in [-0.1, -0.05) is 53.3 Å². The van der Waals surface area contributed by atoms with Crippen LogP contribution >= 0.6 is 45.5 Å². The number of nitro benzene ring substituents is 1. The van der Waals surface area contributed by atoms with Crippen LogP contribution in [-0.2, 0) is 16.1 Å². The van der Waals surface area contributed by atoms with E-state index in [0.29, 0.717) is 54.8 Å². The van der Waals surface area contributed by atoms with Gasteiger partial charge in [-0.05, 0) is 85.7 Å². The minimum atomic E-state index is -0.976. The molecular weight excluding hydrogens is 745 g/mol. The normalized spacial score (nSPS) is 14.5. The van der Waals surface area contributed by atoms with E-state index in [9.17, 15) is 19.7 Å². The number of aryl methyl sites for hydroxylation is 1. The van der Waals surface area contributed by atoms with Crippen molar-refractivity contribution in [2.45, 2.75) is 40.3 Å². The number of carbonyl (C=O) groups is 1. The van der Waals surface area contributed by atoms with Crippen LogP contribution in [0.4, 0.5) is 5.69 Å². The topological polar surface area (TPSA) is 122 Å². The third-order valence-corrected chi connectivity index (χ3v) is 9.37. The first kappa shape index (κ1) is 33.4. The van der Waals surface area contributed by atoms with Crippen molar-refractivity contribution >= 4 is 63.3 Å². The largest absolute Gasteiger partial charge is 0.490 e. The van der Waals surface area contributed by atoms with E-state index in [2.05, 4.69) is 27.6 Å². The molecule has 2 heterocycles. The Hall–Kier alpha value is -4.01. The number of rotatable bonds is 10. The van der Waals surface area contributed by atoms with Crippen LogP contribution < -0.4 is 24.4 Å². The van der Waals surface area contributed by atoms with Crippen molar-refractivity contribution in [3.05, 3.63) is 127 Å². The van der Waals surface area contributed by atoms with Crippen molar-refractivity contribution in [1.29, 1.82) is 0 Å². The first-order valence-electron chi connectivity index (χ1n) is 14.3. The third-order valence-electron chi connectivity index (χ3n) is 7.22. The summed E-state index contributed by atoms with van der Waals surface area (Å²) in [5, 5.41) is 12.4. The molecule has 1 aliphatic rings. The summed E-state index contributed by atoms with van der Waals surface area (Å²) >= 11 is 9.64. The molecule has 0 N–H and O–H groups in total. The average molecular weight is 774 g/mol. The fraction of sp³-hybridized carbons (Fsp3) is 0.242.